The van der Waals surface area contributed by atoms with Crippen LogP contribution in [0.2, 0.25) is 0 Å². The Morgan fingerprint density at radius 1 is 1.12 bits per heavy atom. The first-order chi connectivity index (χ1) is 7.86. The molecule has 0 unspecified atom stereocenters. The fraction of sp³-hybridized carbons (Fsp3) is 0.636. The molecule has 0 aliphatic rings. The molecule has 0 amide bonds. The molecule has 1 heterocycles. The topological polar surface area (TPSA) is 70.1 Å². The molecule has 16 heavy (non-hydrogen) atoms. The van der Waals surface area contributed by atoms with Crippen LogP contribution in [-0.4, -0.2) is 35.3 Å². The molecule has 0 radical (unpaired) electrons. The third kappa shape index (κ3) is 4.93. The van der Waals surface area contributed by atoms with Gasteiger partial charge in [-0.15, -0.1) is 0 Å². The number of anilines is 2. The smallest absolute Gasteiger partial charge is 0.131 e. The molecule has 1 aromatic heterocycles. The zero-order valence-electron chi connectivity index (χ0n) is 9.74. The van der Waals surface area contributed by atoms with Crippen LogP contribution >= 0.6 is 0 Å². The number of hydrogen-bond acceptors (Lipinski definition) is 5. The van der Waals surface area contributed by atoms with Crippen molar-refractivity contribution < 1.29 is 5.11 Å². The Bertz CT molecular complexity index is 293. The van der Waals surface area contributed by atoms with E-state index < -0.39 is 0 Å². The Morgan fingerprint density at radius 2 is 1.88 bits per heavy atom. The second kappa shape index (κ2) is 7.87. The van der Waals surface area contributed by atoms with E-state index >= 15 is 0 Å². The van der Waals surface area contributed by atoms with Crippen LogP contribution in [-0.2, 0) is 0 Å². The van der Waals surface area contributed by atoms with E-state index in [4.69, 9.17) is 5.11 Å². The van der Waals surface area contributed by atoms with Crippen LogP contribution in [0.1, 0.15) is 25.7 Å². The molecular weight excluding hydrogens is 204 g/mol. The Hall–Kier alpha value is -1.36. The molecular formula is C11H20N4O. The quantitative estimate of drug-likeness (QED) is 0.583. The van der Waals surface area contributed by atoms with Gasteiger partial charge in [0.05, 0.1) is 0 Å². The number of aromatic nitrogens is 2. The number of aliphatic hydroxyl groups excluding tert-OH is 1. The molecule has 0 aromatic carbocycles. The summed E-state index contributed by atoms with van der Waals surface area (Å²) in [5.41, 5.74) is 0. The summed E-state index contributed by atoms with van der Waals surface area (Å²) >= 11 is 0. The molecule has 1 aromatic rings. The molecule has 0 atom stereocenters. The minimum absolute atomic E-state index is 0.296. The second-order valence-corrected chi connectivity index (χ2v) is 3.60. The highest BCUT2D eigenvalue weighted by molar-refractivity contribution is 5.45. The minimum Gasteiger partial charge on any atom is -0.396 e. The first kappa shape index (κ1) is 12.7. The van der Waals surface area contributed by atoms with Crippen LogP contribution < -0.4 is 10.6 Å². The van der Waals surface area contributed by atoms with Crippen molar-refractivity contribution >= 4 is 11.6 Å². The van der Waals surface area contributed by atoms with Gasteiger partial charge in [-0.2, -0.15) is 0 Å². The van der Waals surface area contributed by atoms with Crippen LogP contribution in [0.4, 0.5) is 11.6 Å². The summed E-state index contributed by atoms with van der Waals surface area (Å²) in [4.78, 5) is 8.16. The predicted octanol–water partition coefficient (Wildman–Crippen LogP) is 1.48. The maximum atomic E-state index is 8.62. The lowest BCUT2D eigenvalue weighted by atomic mass is 10.2. The van der Waals surface area contributed by atoms with Crippen molar-refractivity contribution in [1.29, 1.82) is 0 Å². The average Bonchev–Trinajstić information content (AvgIpc) is 2.34. The Labute approximate surface area is 96.3 Å². The Morgan fingerprint density at radius 3 is 2.62 bits per heavy atom. The van der Waals surface area contributed by atoms with Gasteiger partial charge >= 0.3 is 0 Å². The molecule has 1 rings (SSSR count). The van der Waals surface area contributed by atoms with Gasteiger partial charge in [0.1, 0.15) is 18.0 Å². The molecule has 0 saturated heterocycles. The fourth-order valence-electron chi connectivity index (χ4n) is 1.40. The SMILES string of the molecule is CNc1cc(NCCCCCCO)ncn1. The van der Waals surface area contributed by atoms with Gasteiger partial charge in [-0.25, -0.2) is 9.97 Å². The summed E-state index contributed by atoms with van der Waals surface area (Å²) in [5, 5.41) is 14.8. The molecule has 5 heteroatoms. The first-order valence-corrected chi connectivity index (χ1v) is 5.71. The second-order valence-electron chi connectivity index (χ2n) is 3.60. The molecule has 90 valence electrons. The summed E-state index contributed by atoms with van der Waals surface area (Å²) in [5.74, 6) is 1.67. The normalized spacial score (nSPS) is 10.1. The lowest BCUT2D eigenvalue weighted by Crippen LogP contribution is -2.04. The van der Waals surface area contributed by atoms with Crippen molar-refractivity contribution in [3.05, 3.63) is 12.4 Å². The van der Waals surface area contributed by atoms with E-state index in [1.807, 2.05) is 13.1 Å². The maximum Gasteiger partial charge on any atom is 0.131 e. The zero-order chi connectivity index (χ0) is 11.6. The van der Waals surface area contributed by atoms with E-state index in [0.717, 1.165) is 43.9 Å². The highest BCUT2D eigenvalue weighted by Gasteiger charge is 1.96. The lowest BCUT2D eigenvalue weighted by molar-refractivity contribution is 0.283. The van der Waals surface area contributed by atoms with E-state index in [0.29, 0.717) is 6.61 Å². The fourth-order valence-corrected chi connectivity index (χ4v) is 1.40. The third-order valence-electron chi connectivity index (χ3n) is 2.31. The third-order valence-corrected chi connectivity index (χ3v) is 2.31. The van der Waals surface area contributed by atoms with Gasteiger partial charge in [0.25, 0.3) is 0 Å². The molecule has 0 aliphatic carbocycles. The van der Waals surface area contributed by atoms with Gasteiger partial charge in [-0.05, 0) is 12.8 Å². The largest absolute Gasteiger partial charge is 0.396 e. The standard InChI is InChI=1S/C11H20N4O/c1-12-10-8-11(15-9-14-10)13-6-4-2-3-5-7-16/h8-9,16H,2-7H2,1H3,(H2,12,13,14,15). The Kier molecular flexibility index (Phi) is 6.25. The number of nitrogens with zero attached hydrogens (tertiary/aromatic N) is 2. The molecule has 0 fully saturated rings. The summed E-state index contributed by atoms with van der Waals surface area (Å²) in [7, 11) is 1.83. The van der Waals surface area contributed by atoms with Gasteiger partial charge in [0, 0.05) is 26.3 Å². The van der Waals surface area contributed by atoms with Crippen molar-refractivity contribution in [3.63, 3.8) is 0 Å². The highest BCUT2D eigenvalue weighted by Crippen LogP contribution is 2.08. The van der Waals surface area contributed by atoms with Crippen LogP contribution in [0, 0.1) is 0 Å². The number of aliphatic hydroxyl groups is 1. The van der Waals surface area contributed by atoms with Crippen molar-refractivity contribution in [2.45, 2.75) is 25.7 Å². The van der Waals surface area contributed by atoms with E-state index in [1.54, 1.807) is 6.33 Å². The summed E-state index contributed by atoms with van der Waals surface area (Å²) in [6.45, 7) is 1.20. The van der Waals surface area contributed by atoms with Crippen LogP contribution in [0.5, 0.6) is 0 Å². The van der Waals surface area contributed by atoms with Gasteiger partial charge in [0.15, 0.2) is 0 Å². The van der Waals surface area contributed by atoms with Crippen LogP contribution in [0.25, 0.3) is 0 Å². The number of hydrogen-bond donors (Lipinski definition) is 3. The van der Waals surface area contributed by atoms with Crippen molar-refractivity contribution in [2.75, 3.05) is 30.8 Å². The number of unbranched alkanes of at least 4 members (excludes halogenated alkanes) is 3. The summed E-state index contributed by atoms with van der Waals surface area (Å²) in [6, 6.07) is 1.88. The number of rotatable bonds is 8. The Balaban J connectivity index is 2.16. The van der Waals surface area contributed by atoms with Crippen LogP contribution in [0.15, 0.2) is 12.4 Å². The molecule has 0 spiro atoms. The summed E-state index contributed by atoms with van der Waals surface area (Å²) < 4.78 is 0. The van der Waals surface area contributed by atoms with Gasteiger partial charge in [-0.1, -0.05) is 12.8 Å². The predicted molar refractivity (Wildman–Crippen MR) is 65.6 cm³/mol. The first-order valence-electron chi connectivity index (χ1n) is 5.71. The van der Waals surface area contributed by atoms with E-state index in [1.165, 1.54) is 0 Å². The van der Waals surface area contributed by atoms with E-state index in [2.05, 4.69) is 20.6 Å². The highest BCUT2D eigenvalue weighted by atomic mass is 16.2. The minimum atomic E-state index is 0.296. The van der Waals surface area contributed by atoms with E-state index in [9.17, 15) is 0 Å². The summed E-state index contributed by atoms with van der Waals surface area (Å²) in [6.07, 6.45) is 5.76. The van der Waals surface area contributed by atoms with Gasteiger partial charge < -0.3 is 15.7 Å². The number of nitrogens with one attached hydrogen (secondary N) is 2. The monoisotopic (exact) mass is 224 g/mol. The maximum absolute atomic E-state index is 8.62. The van der Waals surface area contributed by atoms with Crippen molar-refractivity contribution in [1.82, 2.24) is 9.97 Å². The van der Waals surface area contributed by atoms with Gasteiger partial charge in [-0.3, -0.25) is 0 Å². The average molecular weight is 224 g/mol. The van der Waals surface area contributed by atoms with Crippen molar-refractivity contribution in [3.8, 4) is 0 Å². The van der Waals surface area contributed by atoms with Gasteiger partial charge in [0.2, 0.25) is 0 Å². The molecule has 0 aliphatic heterocycles. The van der Waals surface area contributed by atoms with E-state index in [-0.39, 0.29) is 0 Å². The van der Waals surface area contributed by atoms with Crippen molar-refractivity contribution in [2.24, 2.45) is 0 Å². The zero-order valence-corrected chi connectivity index (χ0v) is 9.74. The molecule has 0 saturated carbocycles. The lowest BCUT2D eigenvalue weighted by Gasteiger charge is -2.06. The molecule has 3 N–H and O–H groups in total. The molecule has 0 bridgehead atoms. The molecule has 5 nitrogen and oxygen atoms in total. The van der Waals surface area contributed by atoms with Crippen LogP contribution in [0.3, 0.4) is 0 Å².